The van der Waals surface area contributed by atoms with Crippen molar-refractivity contribution in [2.45, 2.75) is 61.8 Å². The Kier molecular flexibility index (Phi) is 12.1. The first-order valence-corrected chi connectivity index (χ1v) is 16.9. The zero-order chi connectivity index (χ0) is 38.4. The number of nitrogens with zero attached hydrogens (tertiary/aromatic N) is 1. The van der Waals surface area contributed by atoms with Crippen LogP contribution in [0.15, 0.2) is 94.6 Å². The van der Waals surface area contributed by atoms with Gasteiger partial charge < -0.3 is 34.5 Å². The van der Waals surface area contributed by atoms with E-state index >= 15 is 0 Å². The van der Waals surface area contributed by atoms with Gasteiger partial charge in [0.25, 0.3) is 5.56 Å². The van der Waals surface area contributed by atoms with E-state index in [0.29, 0.717) is 28.2 Å². The van der Waals surface area contributed by atoms with Crippen molar-refractivity contribution in [3.8, 4) is 11.5 Å². The summed E-state index contributed by atoms with van der Waals surface area (Å²) in [4.78, 5) is 39.2. The molecule has 0 bridgehead atoms. The van der Waals surface area contributed by atoms with Crippen molar-refractivity contribution in [3.63, 3.8) is 0 Å². The van der Waals surface area contributed by atoms with E-state index in [0.717, 1.165) is 4.57 Å². The number of alkyl halides is 3. The van der Waals surface area contributed by atoms with Gasteiger partial charge in [-0.25, -0.2) is 4.79 Å². The fourth-order valence-electron chi connectivity index (χ4n) is 6.98. The topological polar surface area (TPSA) is 161 Å². The van der Waals surface area contributed by atoms with E-state index in [1.807, 2.05) is 30.3 Å². The predicted octanol–water partition coefficient (Wildman–Crippen LogP) is 3.54. The van der Waals surface area contributed by atoms with Crippen molar-refractivity contribution < 1.29 is 47.1 Å². The van der Waals surface area contributed by atoms with Crippen molar-refractivity contribution >= 4 is 5.91 Å². The minimum absolute atomic E-state index is 0.0240. The van der Waals surface area contributed by atoms with Gasteiger partial charge in [-0.3, -0.25) is 19.1 Å². The molecule has 12 nitrogen and oxygen atoms in total. The zero-order valence-electron chi connectivity index (χ0n) is 29.4. The van der Waals surface area contributed by atoms with Gasteiger partial charge in [0.2, 0.25) is 0 Å². The average Bonchev–Trinajstić information content (AvgIpc) is 3.49. The molecule has 0 spiro atoms. The lowest BCUT2D eigenvalue weighted by Crippen LogP contribution is -2.53. The molecule has 4 aromatic rings. The number of nitrogens with one attached hydrogen (secondary N) is 2. The number of methoxy groups -OCH3 is 2. The number of aliphatic hydroxyl groups excluding tert-OH is 2. The van der Waals surface area contributed by atoms with Crippen LogP contribution < -0.4 is 26.0 Å². The molecule has 0 saturated carbocycles. The molecule has 1 aromatic heterocycles. The molecule has 5 rings (SSSR count). The molecule has 1 fully saturated rings. The molecule has 4 N–H and O–H groups in total. The third-order valence-electron chi connectivity index (χ3n) is 9.46. The van der Waals surface area contributed by atoms with E-state index in [1.165, 1.54) is 27.3 Å². The summed E-state index contributed by atoms with van der Waals surface area (Å²) in [5, 5.41) is 26.6. The minimum atomic E-state index is -5.00. The number of hydrogen-bond donors (Lipinski definition) is 4. The maximum absolute atomic E-state index is 13.4. The number of carbonyl (C=O) groups is 1. The molecular weight excluding hydrogens is 699 g/mol. The third kappa shape index (κ3) is 7.88. The number of ether oxygens (including phenoxy) is 4. The SMILES string of the molecule is COc1ccccc1C(c1ccccc1)(c1ccccc1OC)C(O)[C@H]1O[C@@](COCCCCNC(=O)C(F)(F)F)(n2cc(C)c(=O)[nH]c2=O)C[C@@H]1O. The molecule has 2 heterocycles. The standard InChI is InChI=1S/C38H42F3N3O9/c1-24-22-44(35(49)43-33(24)47)36(23-52-20-12-11-19-42-34(48)38(39,40)41)21-28(45)31(53-36)32(46)37(25-13-5-4-6-14-25,26-15-7-9-17-29(26)50-2)27-16-8-10-18-30(27)51-3/h4-10,13-18,22,28,31-32,45-46H,11-12,19-21,23H2,1-3H3,(H,42,48)(H,43,47,49)/t28-,31-,32?,36-/m0/s1. The number of aromatic amines is 1. The number of carbonyl (C=O) groups excluding carboxylic acids is 1. The van der Waals surface area contributed by atoms with Gasteiger partial charge in [-0.15, -0.1) is 0 Å². The Labute approximate surface area is 303 Å². The summed E-state index contributed by atoms with van der Waals surface area (Å²) in [6.07, 6.45) is -8.05. The summed E-state index contributed by atoms with van der Waals surface area (Å²) in [5.41, 5.74) is -3.00. The van der Waals surface area contributed by atoms with Gasteiger partial charge in [-0.05, 0) is 37.5 Å². The quantitative estimate of drug-likeness (QED) is 0.106. The predicted molar refractivity (Wildman–Crippen MR) is 187 cm³/mol. The lowest BCUT2D eigenvalue weighted by Gasteiger charge is -2.44. The Morgan fingerprint density at radius 3 is 2.15 bits per heavy atom. The molecule has 0 radical (unpaired) electrons. The van der Waals surface area contributed by atoms with Crippen LogP contribution in [0.5, 0.6) is 11.5 Å². The Morgan fingerprint density at radius 1 is 0.981 bits per heavy atom. The second-order valence-corrected chi connectivity index (χ2v) is 12.8. The second kappa shape index (κ2) is 16.4. The van der Waals surface area contributed by atoms with Gasteiger partial charge in [-0.2, -0.15) is 13.2 Å². The molecule has 4 atom stereocenters. The van der Waals surface area contributed by atoms with Gasteiger partial charge in [-0.1, -0.05) is 66.7 Å². The lowest BCUT2D eigenvalue weighted by atomic mass is 9.63. The van der Waals surface area contributed by atoms with E-state index in [4.69, 9.17) is 18.9 Å². The van der Waals surface area contributed by atoms with E-state index in [1.54, 1.807) is 53.8 Å². The number of unbranched alkanes of at least 4 members (excludes halogenated alkanes) is 1. The molecule has 1 unspecified atom stereocenters. The number of hydrogen-bond acceptors (Lipinski definition) is 9. The van der Waals surface area contributed by atoms with E-state index in [2.05, 4.69) is 4.98 Å². The van der Waals surface area contributed by atoms with E-state index < -0.39 is 52.8 Å². The molecular formula is C38H42F3N3O9. The number of aliphatic hydroxyl groups is 2. The average molecular weight is 742 g/mol. The van der Waals surface area contributed by atoms with Gasteiger partial charge in [0.1, 0.15) is 23.7 Å². The van der Waals surface area contributed by atoms with E-state index in [9.17, 15) is 37.8 Å². The Balaban J connectivity index is 1.58. The maximum atomic E-state index is 13.4. The van der Waals surface area contributed by atoms with Gasteiger partial charge in [0.05, 0.1) is 32.3 Å². The third-order valence-corrected chi connectivity index (χ3v) is 9.46. The lowest BCUT2D eigenvalue weighted by molar-refractivity contribution is -0.176. The van der Waals surface area contributed by atoms with Crippen LogP contribution in [0.2, 0.25) is 0 Å². The fraction of sp³-hybridized carbons (Fsp3) is 0.395. The van der Waals surface area contributed by atoms with Gasteiger partial charge in [0.15, 0.2) is 5.72 Å². The van der Waals surface area contributed by atoms with Crippen LogP contribution in [0.25, 0.3) is 0 Å². The van der Waals surface area contributed by atoms with Crippen molar-refractivity contribution in [3.05, 3.63) is 128 Å². The number of rotatable bonds is 15. The van der Waals surface area contributed by atoms with Crippen molar-refractivity contribution in [1.82, 2.24) is 14.9 Å². The molecule has 1 saturated heterocycles. The summed E-state index contributed by atoms with van der Waals surface area (Å²) in [5.74, 6) is -1.21. The first-order chi connectivity index (χ1) is 25.3. The molecule has 0 aliphatic carbocycles. The normalized spacial score (nSPS) is 19.5. The van der Waals surface area contributed by atoms with Crippen LogP contribution in [0, 0.1) is 6.92 Å². The minimum Gasteiger partial charge on any atom is -0.496 e. The molecule has 1 amide bonds. The number of amides is 1. The highest BCUT2D eigenvalue weighted by Gasteiger charge is 2.58. The van der Waals surface area contributed by atoms with Crippen molar-refractivity contribution in [1.29, 1.82) is 0 Å². The number of halogens is 3. The Bertz CT molecular complexity index is 1940. The molecule has 1 aliphatic heterocycles. The molecule has 3 aromatic carbocycles. The van der Waals surface area contributed by atoms with Gasteiger partial charge >= 0.3 is 17.8 Å². The number of H-pyrrole nitrogens is 1. The summed E-state index contributed by atoms with van der Waals surface area (Å²) in [6.45, 7) is 0.849. The summed E-state index contributed by atoms with van der Waals surface area (Å²) >= 11 is 0. The van der Waals surface area contributed by atoms with Crippen LogP contribution >= 0.6 is 0 Å². The number of benzene rings is 3. The van der Waals surface area contributed by atoms with Crippen molar-refractivity contribution in [2.24, 2.45) is 0 Å². The molecule has 1 aliphatic rings. The highest BCUT2D eigenvalue weighted by molar-refractivity contribution is 5.81. The monoisotopic (exact) mass is 741 g/mol. The zero-order valence-corrected chi connectivity index (χ0v) is 29.4. The maximum Gasteiger partial charge on any atom is 0.471 e. The summed E-state index contributed by atoms with van der Waals surface area (Å²) in [7, 11) is 3.00. The van der Waals surface area contributed by atoms with Crippen molar-refractivity contribution in [2.75, 3.05) is 34.0 Å². The van der Waals surface area contributed by atoms with Crippen LogP contribution in [-0.2, 0) is 25.4 Å². The Morgan fingerprint density at radius 2 is 1.57 bits per heavy atom. The van der Waals surface area contributed by atoms with Crippen LogP contribution in [0.1, 0.15) is 41.5 Å². The largest absolute Gasteiger partial charge is 0.496 e. The summed E-state index contributed by atoms with van der Waals surface area (Å²) in [6, 6.07) is 23.3. The van der Waals surface area contributed by atoms with Crippen LogP contribution in [0.3, 0.4) is 0 Å². The fourth-order valence-corrected chi connectivity index (χ4v) is 6.98. The molecule has 53 heavy (non-hydrogen) atoms. The molecule has 15 heteroatoms. The number of aryl methyl sites for hydroxylation is 1. The smallest absolute Gasteiger partial charge is 0.471 e. The first-order valence-electron chi connectivity index (χ1n) is 16.9. The first kappa shape index (κ1) is 39.3. The van der Waals surface area contributed by atoms with E-state index in [-0.39, 0.29) is 44.6 Å². The van der Waals surface area contributed by atoms with Crippen LogP contribution in [-0.4, -0.2) is 84.1 Å². The van der Waals surface area contributed by atoms with Crippen LogP contribution in [0.4, 0.5) is 13.2 Å². The number of para-hydroxylation sites is 2. The molecule has 284 valence electrons. The highest BCUT2D eigenvalue weighted by Crippen LogP contribution is 2.52. The highest BCUT2D eigenvalue weighted by atomic mass is 19.4. The summed E-state index contributed by atoms with van der Waals surface area (Å²) < 4.78 is 63.0. The second-order valence-electron chi connectivity index (χ2n) is 12.8. The van der Waals surface area contributed by atoms with Gasteiger partial charge in [0, 0.05) is 42.5 Å². The number of aromatic nitrogens is 2. The Hall–Kier alpha value is -4.96.